The van der Waals surface area contributed by atoms with E-state index in [4.69, 9.17) is 16.6 Å². The maximum Gasteiger partial charge on any atom is 0.329 e. The van der Waals surface area contributed by atoms with Crippen molar-refractivity contribution in [3.05, 3.63) is 59.0 Å². The molecule has 0 spiro atoms. The summed E-state index contributed by atoms with van der Waals surface area (Å²) in [5.74, 6) is 1.47. The largest absolute Gasteiger partial charge is 0.329 e. The summed E-state index contributed by atoms with van der Waals surface area (Å²) in [4.78, 5) is 22.2. The van der Waals surface area contributed by atoms with Crippen molar-refractivity contribution in [1.82, 2.24) is 23.7 Å². The number of hydrogen-bond acceptors (Lipinski definition) is 3. The van der Waals surface area contributed by atoms with Crippen LogP contribution in [0.25, 0.3) is 22.1 Å². The van der Waals surface area contributed by atoms with Gasteiger partial charge in [-0.3, -0.25) is 14.1 Å². The van der Waals surface area contributed by atoms with Gasteiger partial charge in [-0.05, 0) is 37.5 Å². The Morgan fingerprint density at radius 1 is 1.07 bits per heavy atom. The van der Waals surface area contributed by atoms with Gasteiger partial charge in [-0.1, -0.05) is 12.1 Å². The highest BCUT2D eigenvalue weighted by Gasteiger charge is 2.29. The molecule has 138 valence electrons. The molecule has 0 N–H and O–H groups in total. The second-order valence-electron chi connectivity index (χ2n) is 7.05. The highest BCUT2D eigenvalue weighted by atomic mass is 35.5. The molecule has 3 heterocycles. The van der Waals surface area contributed by atoms with Gasteiger partial charge in [0.05, 0.1) is 34.8 Å². The number of imidazole rings is 2. The monoisotopic (exact) mass is 381 g/mol. The fourth-order valence-corrected chi connectivity index (χ4v) is 3.94. The average molecular weight is 382 g/mol. The Labute approximate surface area is 161 Å². The Morgan fingerprint density at radius 2 is 1.93 bits per heavy atom. The smallest absolute Gasteiger partial charge is 0.326 e. The van der Waals surface area contributed by atoms with Gasteiger partial charge in [0.2, 0.25) is 0 Å². The fourth-order valence-electron chi connectivity index (χ4n) is 3.82. The number of para-hydroxylation sites is 2. The molecular weight excluding hydrogens is 362 g/mol. The number of fused-ring (bicyclic) bond motifs is 2. The van der Waals surface area contributed by atoms with Crippen LogP contribution in [-0.4, -0.2) is 29.5 Å². The third kappa shape index (κ3) is 2.75. The van der Waals surface area contributed by atoms with E-state index in [2.05, 4.69) is 15.6 Å². The molecule has 0 saturated heterocycles. The second-order valence-corrected chi connectivity index (χ2v) is 7.42. The summed E-state index contributed by atoms with van der Waals surface area (Å²) in [6.07, 6.45) is 6.52. The van der Waals surface area contributed by atoms with Gasteiger partial charge >= 0.3 is 5.69 Å². The van der Waals surface area contributed by atoms with Gasteiger partial charge in [-0.25, -0.2) is 9.78 Å². The van der Waals surface area contributed by atoms with Crippen molar-refractivity contribution in [2.75, 3.05) is 5.88 Å². The van der Waals surface area contributed by atoms with Crippen LogP contribution in [0.3, 0.4) is 0 Å². The molecular formula is C20H20ClN5O. The number of pyridine rings is 1. The van der Waals surface area contributed by atoms with Crippen LogP contribution < -0.4 is 5.69 Å². The number of hydrogen-bond donors (Lipinski definition) is 0. The van der Waals surface area contributed by atoms with E-state index in [1.165, 1.54) is 0 Å². The van der Waals surface area contributed by atoms with E-state index in [-0.39, 0.29) is 5.69 Å². The fraction of sp³-hybridized carbons (Fsp3) is 0.350. The number of benzene rings is 1. The zero-order chi connectivity index (χ0) is 18.4. The first kappa shape index (κ1) is 16.6. The predicted molar refractivity (Wildman–Crippen MR) is 106 cm³/mol. The topological polar surface area (TPSA) is 57.6 Å². The van der Waals surface area contributed by atoms with Gasteiger partial charge in [0.25, 0.3) is 0 Å². The Bertz CT molecular complexity index is 1180. The lowest BCUT2D eigenvalue weighted by Crippen LogP contribution is -2.25. The minimum absolute atomic E-state index is 0.0245. The zero-order valence-electron chi connectivity index (χ0n) is 14.9. The maximum absolute atomic E-state index is 13.2. The van der Waals surface area contributed by atoms with Crippen molar-refractivity contribution in [3.63, 3.8) is 0 Å². The third-order valence-electron chi connectivity index (χ3n) is 5.23. The number of alkyl halides is 1. The summed E-state index contributed by atoms with van der Waals surface area (Å²) in [6.45, 7) is 1.21. The molecule has 0 radical (unpaired) electrons. The molecule has 0 unspecified atom stereocenters. The summed E-state index contributed by atoms with van der Waals surface area (Å²) in [5, 5.41) is 0. The number of nitrogens with zero attached hydrogens (tertiary/aromatic N) is 5. The molecule has 7 heteroatoms. The molecule has 0 aliphatic heterocycles. The molecule has 1 aliphatic carbocycles. The van der Waals surface area contributed by atoms with Crippen LogP contribution >= 0.6 is 11.6 Å². The number of halogens is 1. The van der Waals surface area contributed by atoms with Crippen LogP contribution in [0.1, 0.15) is 31.1 Å². The standard InChI is InChI=1S/C20H20ClN5O/c21-9-3-11-24-16-5-2-1-4-15(16)23-19(24)13-25-18-12-22-10-8-17(18)26(20(25)27)14-6-7-14/h1-2,4-5,8,10,12,14H,3,6-7,9,11,13H2. The normalized spacial score (nSPS) is 14.4. The third-order valence-corrected chi connectivity index (χ3v) is 5.49. The van der Waals surface area contributed by atoms with Gasteiger partial charge < -0.3 is 4.57 Å². The summed E-state index contributed by atoms with van der Waals surface area (Å²) < 4.78 is 5.91. The van der Waals surface area contributed by atoms with E-state index in [1.54, 1.807) is 17.0 Å². The van der Waals surface area contributed by atoms with Crippen LogP contribution in [0.5, 0.6) is 0 Å². The van der Waals surface area contributed by atoms with Crippen molar-refractivity contribution >= 4 is 33.7 Å². The van der Waals surface area contributed by atoms with E-state index in [0.29, 0.717) is 18.5 Å². The van der Waals surface area contributed by atoms with E-state index in [0.717, 1.165) is 53.7 Å². The first-order chi connectivity index (χ1) is 13.3. The molecule has 0 bridgehead atoms. The van der Waals surface area contributed by atoms with Crippen LogP contribution in [0.15, 0.2) is 47.5 Å². The average Bonchev–Trinajstić information content (AvgIpc) is 3.41. The Balaban J connectivity index is 1.66. The van der Waals surface area contributed by atoms with Crippen LogP contribution in [0, 0.1) is 0 Å². The van der Waals surface area contributed by atoms with Crippen LogP contribution in [0.4, 0.5) is 0 Å². The van der Waals surface area contributed by atoms with E-state index < -0.39 is 0 Å². The Kier molecular flexibility index (Phi) is 4.01. The molecule has 1 saturated carbocycles. The highest BCUT2D eigenvalue weighted by Crippen LogP contribution is 2.36. The van der Waals surface area contributed by atoms with Crippen molar-refractivity contribution in [3.8, 4) is 0 Å². The van der Waals surface area contributed by atoms with Crippen LogP contribution in [0.2, 0.25) is 0 Å². The predicted octanol–water partition coefficient (Wildman–Crippen LogP) is 3.56. The number of rotatable bonds is 6. The van der Waals surface area contributed by atoms with Gasteiger partial charge in [-0.15, -0.1) is 11.6 Å². The number of aryl methyl sites for hydroxylation is 1. The lowest BCUT2D eigenvalue weighted by molar-refractivity contribution is 0.609. The molecule has 27 heavy (non-hydrogen) atoms. The molecule has 0 amide bonds. The molecule has 6 nitrogen and oxygen atoms in total. The number of aromatic nitrogens is 5. The van der Waals surface area contributed by atoms with Crippen molar-refractivity contribution < 1.29 is 0 Å². The van der Waals surface area contributed by atoms with E-state index >= 15 is 0 Å². The first-order valence-corrected chi connectivity index (χ1v) is 9.86. The van der Waals surface area contributed by atoms with E-state index in [9.17, 15) is 4.79 Å². The lowest BCUT2D eigenvalue weighted by Gasteiger charge is -2.09. The summed E-state index contributed by atoms with van der Waals surface area (Å²) in [6, 6.07) is 10.3. The molecule has 5 rings (SSSR count). The molecule has 1 fully saturated rings. The lowest BCUT2D eigenvalue weighted by atomic mass is 10.3. The second kappa shape index (κ2) is 6.53. The Morgan fingerprint density at radius 3 is 2.74 bits per heavy atom. The van der Waals surface area contributed by atoms with Crippen molar-refractivity contribution in [2.24, 2.45) is 0 Å². The first-order valence-electron chi connectivity index (χ1n) is 9.33. The van der Waals surface area contributed by atoms with Crippen molar-refractivity contribution in [2.45, 2.75) is 38.4 Å². The molecule has 1 aliphatic rings. The highest BCUT2D eigenvalue weighted by molar-refractivity contribution is 6.17. The van der Waals surface area contributed by atoms with Gasteiger partial charge in [0.15, 0.2) is 0 Å². The Hall–Kier alpha value is -2.60. The van der Waals surface area contributed by atoms with Gasteiger partial charge in [0.1, 0.15) is 5.82 Å². The SMILES string of the molecule is O=c1n(Cc2nc3ccccc3n2CCCCl)c2cnccc2n1C1CC1. The molecule has 1 aromatic carbocycles. The van der Waals surface area contributed by atoms with Crippen LogP contribution in [-0.2, 0) is 13.1 Å². The molecule has 3 aromatic heterocycles. The minimum Gasteiger partial charge on any atom is -0.326 e. The van der Waals surface area contributed by atoms with Gasteiger partial charge in [0, 0.05) is 24.7 Å². The van der Waals surface area contributed by atoms with E-state index in [1.807, 2.05) is 28.8 Å². The van der Waals surface area contributed by atoms with Gasteiger partial charge in [-0.2, -0.15) is 0 Å². The molecule has 0 atom stereocenters. The van der Waals surface area contributed by atoms with Crippen molar-refractivity contribution in [1.29, 1.82) is 0 Å². The minimum atomic E-state index is 0.0245. The summed E-state index contributed by atoms with van der Waals surface area (Å²) in [5.41, 5.74) is 3.87. The zero-order valence-corrected chi connectivity index (χ0v) is 15.6. The summed E-state index contributed by atoms with van der Waals surface area (Å²) >= 11 is 5.93. The quantitative estimate of drug-likeness (QED) is 0.480. The maximum atomic E-state index is 13.2. The summed E-state index contributed by atoms with van der Waals surface area (Å²) in [7, 11) is 0. The molecule has 4 aromatic rings.